The number of thioether (sulfide) groups is 2. The molecule has 2 aliphatic rings. The van der Waals surface area contributed by atoms with Gasteiger partial charge in [0.25, 0.3) is 17.1 Å². The Morgan fingerprint density at radius 2 is 2.10 bits per heavy atom. The summed E-state index contributed by atoms with van der Waals surface area (Å²) in [6, 6.07) is 5.73. The highest BCUT2D eigenvalue weighted by atomic mass is 32.2. The Morgan fingerprint density at radius 1 is 1.28 bits per heavy atom. The molecule has 0 aromatic carbocycles. The van der Waals surface area contributed by atoms with Crippen molar-refractivity contribution in [3.8, 4) is 0 Å². The second-order valence-electron chi connectivity index (χ2n) is 6.76. The first-order valence-electron chi connectivity index (χ1n) is 9.43. The van der Waals surface area contributed by atoms with Gasteiger partial charge in [-0.15, -0.1) is 0 Å². The zero-order valence-electron chi connectivity index (χ0n) is 15.9. The lowest BCUT2D eigenvalue weighted by Crippen LogP contribution is -2.29. The van der Waals surface area contributed by atoms with Crippen molar-refractivity contribution in [3.05, 3.63) is 45.5 Å². The van der Waals surface area contributed by atoms with E-state index in [0.717, 1.165) is 46.7 Å². The normalized spacial score (nSPS) is 17.5. The van der Waals surface area contributed by atoms with Crippen LogP contribution in [0.3, 0.4) is 0 Å². The molecule has 2 aromatic rings. The van der Waals surface area contributed by atoms with E-state index in [9.17, 15) is 14.4 Å². The number of allylic oxidation sites excluding steroid dienone is 1. The largest absolute Gasteiger partial charge is 0.365 e. The van der Waals surface area contributed by atoms with Gasteiger partial charge in [-0.1, -0.05) is 37.2 Å². The van der Waals surface area contributed by atoms with E-state index in [1.54, 1.807) is 6.08 Å². The van der Waals surface area contributed by atoms with Crippen LogP contribution in [0.25, 0.3) is 11.7 Å². The van der Waals surface area contributed by atoms with Crippen LogP contribution in [0.5, 0.6) is 0 Å². The summed E-state index contributed by atoms with van der Waals surface area (Å²) in [4.78, 5) is 43.3. The molecule has 2 N–H and O–H groups in total. The Bertz CT molecular complexity index is 1090. The average molecular weight is 429 g/mol. The lowest BCUT2D eigenvalue weighted by Gasteiger charge is -2.14. The standard InChI is InChI=1S/C20H20N4O3S2/c1-2-3-7-14-19(26)23(20(27)29-14)10-5-6-12-13-11-15(18(21)25)28-17-9-4-8-16(22-12)24(13)17/h4,7-9,11H,2-3,5-6,10H2,1H3,(H2,21,25). The van der Waals surface area contributed by atoms with Crippen molar-refractivity contribution in [2.24, 2.45) is 5.73 Å². The maximum absolute atomic E-state index is 12.4. The molecule has 9 heteroatoms. The van der Waals surface area contributed by atoms with Gasteiger partial charge in [0.1, 0.15) is 5.65 Å². The number of carbonyl (C=O) groups is 3. The Hall–Kier alpha value is -2.52. The lowest BCUT2D eigenvalue weighted by atomic mass is 10.1. The molecule has 0 unspecified atom stereocenters. The van der Waals surface area contributed by atoms with Gasteiger partial charge < -0.3 is 5.73 Å². The van der Waals surface area contributed by atoms with Crippen LogP contribution in [-0.2, 0) is 16.0 Å². The molecule has 0 saturated carbocycles. The number of hydrogen-bond donors (Lipinski definition) is 1. The smallest absolute Gasteiger partial charge is 0.293 e. The fourth-order valence-corrected chi connectivity index (χ4v) is 5.14. The van der Waals surface area contributed by atoms with Gasteiger partial charge in [-0.25, -0.2) is 4.98 Å². The summed E-state index contributed by atoms with van der Waals surface area (Å²) < 4.78 is 2.00. The maximum Gasteiger partial charge on any atom is 0.293 e. The van der Waals surface area contributed by atoms with E-state index >= 15 is 0 Å². The highest BCUT2D eigenvalue weighted by Gasteiger charge is 2.34. The maximum atomic E-state index is 12.4. The van der Waals surface area contributed by atoms with Crippen molar-refractivity contribution in [1.82, 2.24) is 14.3 Å². The van der Waals surface area contributed by atoms with Crippen molar-refractivity contribution < 1.29 is 14.4 Å². The third kappa shape index (κ3) is 3.72. The molecule has 0 spiro atoms. The monoisotopic (exact) mass is 428 g/mol. The topological polar surface area (TPSA) is 97.8 Å². The van der Waals surface area contributed by atoms with E-state index in [-0.39, 0.29) is 11.1 Å². The van der Waals surface area contributed by atoms with Crippen LogP contribution >= 0.6 is 23.5 Å². The molecule has 1 saturated heterocycles. The first kappa shape index (κ1) is 19.8. The Balaban J connectivity index is 1.51. The first-order chi connectivity index (χ1) is 14.0. The highest BCUT2D eigenvalue weighted by molar-refractivity contribution is 8.18. The van der Waals surface area contributed by atoms with E-state index in [4.69, 9.17) is 5.73 Å². The Labute approximate surface area is 176 Å². The van der Waals surface area contributed by atoms with Gasteiger partial charge in [-0.05, 0) is 49.2 Å². The molecule has 4 rings (SSSR count). The van der Waals surface area contributed by atoms with Gasteiger partial charge in [0.15, 0.2) is 0 Å². The fourth-order valence-electron chi connectivity index (χ4n) is 3.34. The summed E-state index contributed by atoms with van der Waals surface area (Å²) in [7, 11) is 0. The molecule has 0 atom stereocenters. The van der Waals surface area contributed by atoms with E-state index in [1.807, 2.05) is 35.6 Å². The Kier molecular flexibility index (Phi) is 5.51. The summed E-state index contributed by atoms with van der Waals surface area (Å²) in [6.07, 6.45) is 6.50. The van der Waals surface area contributed by atoms with Gasteiger partial charge in [-0.2, -0.15) is 0 Å². The van der Waals surface area contributed by atoms with Crippen LogP contribution in [0.15, 0.2) is 39.1 Å². The molecule has 2 aromatic heterocycles. The summed E-state index contributed by atoms with van der Waals surface area (Å²) in [5.74, 6) is -0.679. The predicted octanol–water partition coefficient (Wildman–Crippen LogP) is 3.58. The number of hydrogen-bond acceptors (Lipinski definition) is 6. The number of aromatic nitrogens is 2. The molecule has 1 fully saturated rings. The van der Waals surface area contributed by atoms with Crippen molar-refractivity contribution >= 4 is 52.3 Å². The van der Waals surface area contributed by atoms with Crippen LogP contribution in [-0.4, -0.2) is 37.9 Å². The molecule has 2 aliphatic heterocycles. The zero-order valence-corrected chi connectivity index (χ0v) is 17.5. The molecule has 29 heavy (non-hydrogen) atoms. The van der Waals surface area contributed by atoms with E-state index in [0.29, 0.717) is 29.2 Å². The number of amides is 3. The summed E-state index contributed by atoms with van der Waals surface area (Å²) in [5, 5.41) is 0.669. The summed E-state index contributed by atoms with van der Waals surface area (Å²) in [5.41, 5.74) is 7.94. The predicted molar refractivity (Wildman–Crippen MR) is 114 cm³/mol. The number of imide groups is 1. The second kappa shape index (κ2) is 8.08. The van der Waals surface area contributed by atoms with Crippen LogP contribution < -0.4 is 5.73 Å². The van der Waals surface area contributed by atoms with Crippen LogP contribution in [0.2, 0.25) is 0 Å². The highest BCUT2D eigenvalue weighted by Crippen LogP contribution is 2.36. The van der Waals surface area contributed by atoms with Gasteiger partial charge in [0.05, 0.1) is 26.2 Å². The summed E-state index contributed by atoms with van der Waals surface area (Å²) >= 11 is 2.33. The molecule has 0 bridgehead atoms. The number of aryl methyl sites for hydroxylation is 1. The molecular formula is C20H20N4O3S2. The van der Waals surface area contributed by atoms with Crippen molar-refractivity contribution in [2.75, 3.05) is 6.54 Å². The van der Waals surface area contributed by atoms with Crippen LogP contribution in [0.4, 0.5) is 4.79 Å². The number of imidazole rings is 1. The fraction of sp³-hybridized carbons (Fsp3) is 0.300. The number of nitrogens with zero attached hydrogens (tertiary/aromatic N) is 3. The average Bonchev–Trinajstić information content (AvgIpc) is 3.19. The summed E-state index contributed by atoms with van der Waals surface area (Å²) in [6.45, 7) is 2.37. The number of carbonyl (C=O) groups excluding carboxylic acids is 3. The molecule has 0 radical (unpaired) electrons. The third-order valence-corrected chi connectivity index (χ3v) is 6.76. The quantitative estimate of drug-likeness (QED) is 0.677. The first-order valence-corrected chi connectivity index (χ1v) is 11.1. The molecule has 3 amide bonds. The van der Waals surface area contributed by atoms with Crippen molar-refractivity contribution in [1.29, 1.82) is 0 Å². The number of pyridine rings is 1. The van der Waals surface area contributed by atoms with Gasteiger partial charge in [0.2, 0.25) is 0 Å². The van der Waals surface area contributed by atoms with Crippen molar-refractivity contribution in [2.45, 2.75) is 37.6 Å². The zero-order chi connectivity index (χ0) is 20.5. The van der Waals surface area contributed by atoms with Gasteiger partial charge in [-0.3, -0.25) is 23.7 Å². The van der Waals surface area contributed by atoms with Crippen LogP contribution in [0.1, 0.15) is 37.6 Å². The molecular weight excluding hydrogens is 408 g/mol. The molecule has 0 aliphatic carbocycles. The van der Waals surface area contributed by atoms with Crippen molar-refractivity contribution in [3.63, 3.8) is 0 Å². The SMILES string of the molecule is CCCC=C1SC(=O)N(CCCc2nc3cccc4n3c2C=C(C(N)=O)S4)C1=O. The molecule has 7 nitrogen and oxygen atoms in total. The lowest BCUT2D eigenvalue weighted by molar-refractivity contribution is -0.122. The number of nitrogens with two attached hydrogens (primary N) is 1. The van der Waals surface area contributed by atoms with Crippen LogP contribution in [0, 0.1) is 0 Å². The number of rotatable bonds is 7. The minimum atomic E-state index is -0.470. The number of unbranched alkanes of at least 4 members (excludes halogenated alkanes) is 1. The minimum absolute atomic E-state index is 0.209. The van der Waals surface area contributed by atoms with Gasteiger partial charge in [0, 0.05) is 6.54 Å². The third-order valence-electron chi connectivity index (χ3n) is 4.73. The molecule has 4 heterocycles. The number of primary amides is 1. The van der Waals surface area contributed by atoms with E-state index < -0.39 is 5.91 Å². The van der Waals surface area contributed by atoms with E-state index in [2.05, 4.69) is 4.98 Å². The van der Waals surface area contributed by atoms with E-state index in [1.165, 1.54) is 16.7 Å². The Morgan fingerprint density at radius 3 is 2.86 bits per heavy atom. The second-order valence-corrected chi connectivity index (χ2v) is 8.82. The van der Waals surface area contributed by atoms with Gasteiger partial charge >= 0.3 is 0 Å². The minimum Gasteiger partial charge on any atom is -0.365 e. The molecule has 150 valence electrons.